The molecule has 3 atom stereocenters. The highest BCUT2D eigenvalue weighted by Gasteiger charge is 2.54. The number of H-pyrrole nitrogens is 1. The normalized spacial score (nSPS) is 22.9. The van der Waals surface area contributed by atoms with E-state index < -0.39 is 23.5 Å². The van der Waals surface area contributed by atoms with Crippen molar-refractivity contribution in [3.8, 4) is 5.75 Å². The lowest BCUT2D eigenvalue weighted by Crippen LogP contribution is -2.50. The number of hydrogen-bond donors (Lipinski definition) is 2. The summed E-state index contributed by atoms with van der Waals surface area (Å²) in [6, 6.07) is 15.0. The Bertz CT molecular complexity index is 1090. The van der Waals surface area contributed by atoms with Crippen molar-refractivity contribution in [3.63, 3.8) is 0 Å². The molecule has 2 aromatic carbocycles. The van der Waals surface area contributed by atoms with Gasteiger partial charge in [0.05, 0.1) is 27.2 Å². The highest BCUT2D eigenvalue weighted by molar-refractivity contribution is 5.88. The van der Waals surface area contributed by atoms with Gasteiger partial charge in [-0.05, 0) is 35.7 Å². The first-order valence-corrected chi connectivity index (χ1v) is 10.1. The zero-order valence-electron chi connectivity index (χ0n) is 17.8. The summed E-state index contributed by atoms with van der Waals surface area (Å²) in [6.07, 6.45) is 2.55. The number of aromatic amines is 1. The average molecular weight is 422 g/mol. The van der Waals surface area contributed by atoms with Crippen LogP contribution in [0, 0.1) is 5.92 Å². The van der Waals surface area contributed by atoms with Crippen LogP contribution in [0.1, 0.15) is 23.6 Å². The summed E-state index contributed by atoms with van der Waals surface area (Å²) < 4.78 is 15.5. The number of benzene rings is 2. The minimum atomic E-state index is -1.07. The SMILES string of the molecule is COC(=O)C1C[C@](Cc2c[nH]c3ccccc23)(C(=O)OC)N[C@@H]1c1ccc(OC)cc1. The maximum atomic E-state index is 13.1. The van der Waals surface area contributed by atoms with E-state index in [2.05, 4.69) is 10.3 Å². The molecule has 1 saturated heterocycles. The summed E-state index contributed by atoms with van der Waals surface area (Å²) >= 11 is 0. The zero-order valence-corrected chi connectivity index (χ0v) is 17.8. The van der Waals surface area contributed by atoms with Crippen LogP contribution in [0.3, 0.4) is 0 Å². The predicted molar refractivity (Wildman–Crippen MR) is 116 cm³/mol. The van der Waals surface area contributed by atoms with Crippen LogP contribution in [-0.4, -0.2) is 43.8 Å². The van der Waals surface area contributed by atoms with E-state index in [-0.39, 0.29) is 12.4 Å². The van der Waals surface area contributed by atoms with Crippen molar-refractivity contribution in [3.05, 3.63) is 65.9 Å². The van der Waals surface area contributed by atoms with Gasteiger partial charge in [-0.1, -0.05) is 30.3 Å². The van der Waals surface area contributed by atoms with Gasteiger partial charge < -0.3 is 19.2 Å². The van der Waals surface area contributed by atoms with Gasteiger partial charge in [-0.25, -0.2) is 0 Å². The standard InChI is InChI=1S/C24H26N2O5/c1-29-17-10-8-15(9-11-17)21-19(22(27)30-2)13-24(26-21,23(28)31-3)12-16-14-25-20-7-5-4-6-18(16)20/h4-11,14,19,21,25-26H,12-13H2,1-3H3/t19?,21-,24-/m1/s1. The van der Waals surface area contributed by atoms with E-state index in [0.29, 0.717) is 6.42 Å². The van der Waals surface area contributed by atoms with Gasteiger partial charge in [0.25, 0.3) is 0 Å². The largest absolute Gasteiger partial charge is 0.497 e. The van der Waals surface area contributed by atoms with Crippen molar-refractivity contribution in [2.75, 3.05) is 21.3 Å². The number of fused-ring (bicyclic) bond motifs is 1. The number of carbonyl (C=O) groups is 2. The number of ether oxygens (including phenoxy) is 3. The average Bonchev–Trinajstić information content (AvgIpc) is 3.41. The van der Waals surface area contributed by atoms with Crippen LogP contribution >= 0.6 is 0 Å². The number of para-hydroxylation sites is 1. The molecule has 0 amide bonds. The second-order valence-electron chi connectivity index (χ2n) is 7.84. The number of hydrogen-bond acceptors (Lipinski definition) is 6. The van der Waals surface area contributed by atoms with Crippen molar-refractivity contribution in [2.24, 2.45) is 5.92 Å². The van der Waals surface area contributed by atoms with E-state index in [0.717, 1.165) is 27.8 Å². The lowest BCUT2D eigenvalue weighted by molar-refractivity contribution is -0.148. The van der Waals surface area contributed by atoms with E-state index in [1.807, 2.05) is 54.7 Å². The Balaban J connectivity index is 1.74. The number of methoxy groups -OCH3 is 3. The maximum absolute atomic E-state index is 13.1. The lowest BCUT2D eigenvalue weighted by atomic mass is 9.85. The molecule has 162 valence electrons. The Morgan fingerprint density at radius 1 is 1.03 bits per heavy atom. The zero-order chi connectivity index (χ0) is 22.0. The van der Waals surface area contributed by atoms with E-state index >= 15 is 0 Å². The van der Waals surface area contributed by atoms with Crippen molar-refractivity contribution >= 4 is 22.8 Å². The molecule has 1 aromatic heterocycles. The maximum Gasteiger partial charge on any atom is 0.326 e. The molecule has 0 bridgehead atoms. The first-order chi connectivity index (χ1) is 15.0. The molecule has 4 rings (SSSR count). The molecule has 1 aliphatic heterocycles. The second kappa shape index (κ2) is 8.43. The first-order valence-electron chi connectivity index (χ1n) is 10.1. The summed E-state index contributed by atoms with van der Waals surface area (Å²) in [7, 11) is 4.34. The minimum absolute atomic E-state index is 0.266. The van der Waals surface area contributed by atoms with Crippen LogP contribution in [-0.2, 0) is 25.5 Å². The lowest BCUT2D eigenvalue weighted by Gasteiger charge is -2.27. The fourth-order valence-electron chi connectivity index (χ4n) is 4.58. The third-order valence-electron chi connectivity index (χ3n) is 6.12. The van der Waals surface area contributed by atoms with Crippen LogP contribution in [0.15, 0.2) is 54.7 Å². The molecule has 3 aromatic rings. The number of rotatable bonds is 6. The molecule has 0 aliphatic carbocycles. The van der Waals surface area contributed by atoms with Gasteiger partial charge in [-0.15, -0.1) is 0 Å². The number of nitrogens with one attached hydrogen (secondary N) is 2. The molecule has 1 aliphatic rings. The molecular weight excluding hydrogens is 396 g/mol. The highest BCUT2D eigenvalue weighted by Crippen LogP contribution is 2.42. The smallest absolute Gasteiger partial charge is 0.326 e. The van der Waals surface area contributed by atoms with Crippen molar-refractivity contribution in [1.29, 1.82) is 0 Å². The predicted octanol–water partition coefficient (Wildman–Crippen LogP) is 3.15. The summed E-state index contributed by atoms with van der Waals surface area (Å²) in [4.78, 5) is 29.0. The topological polar surface area (TPSA) is 89.7 Å². The fraction of sp³-hybridized carbons (Fsp3) is 0.333. The van der Waals surface area contributed by atoms with Crippen LogP contribution in [0.4, 0.5) is 0 Å². The molecular formula is C24H26N2O5. The van der Waals surface area contributed by atoms with Crippen LogP contribution in [0.2, 0.25) is 0 Å². The van der Waals surface area contributed by atoms with Crippen molar-refractivity contribution in [1.82, 2.24) is 10.3 Å². The number of esters is 2. The first kappa shape index (κ1) is 20.9. The van der Waals surface area contributed by atoms with E-state index in [4.69, 9.17) is 14.2 Å². The van der Waals surface area contributed by atoms with Crippen molar-refractivity contribution in [2.45, 2.75) is 24.4 Å². The Labute approximate surface area is 180 Å². The van der Waals surface area contributed by atoms with Gasteiger partial charge in [0, 0.05) is 29.6 Å². The molecule has 0 spiro atoms. The van der Waals surface area contributed by atoms with Gasteiger partial charge in [-0.3, -0.25) is 14.9 Å². The van der Waals surface area contributed by atoms with E-state index in [1.165, 1.54) is 14.2 Å². The molecule has 0 radical (unpaired) electrons. The molecule has 31 heavy (non-hydrogen) atoms. The Hall–Kier alpha value is -3.32. The molecule has 2 heterocycles. The third kappa shape index (κ3) is 3.77. The molecule has 1 fully saturated rings. The Morgan fingerprint density at radius 2 is 1.77 bits per heavy atom. The second-order valence-corrected chi connectivity index (χ2v) is 7.84. The molecule has 2 N–H and O–H groups in total. The number of aromatic nitrogens is 1. The van der Waals surface area contributed by atoms with Gasteiger partial charge in [0.2, 0.25) is 0 Å². The number of carbonyl (C=O) groups excluding carboxylic acids is 2. The highest BCUT2D eigenvalue weighted by atomic mass is 16.5. The monoisotopic (exact) mass is 422 g/mol. The van der Waals surface area contributed by atoms with Gasteiger partial charge in [0.1, 0.15) is 11.3 Å². The Morgan fingerprint density at radius 3 is 2.45 bits per heavy atom. The molecule has 1 unspecified atom stereocenters. The van der Waals surface area contributed by atoms with Gasteiger partial charge in [0.15, 0.2) is 0 Å². The van der Waals surface area contributed by atoms with E-state index in [1.54, 1.807) is 7.11 Å². The van der Waals surface area contributed by atoms with Gasteiger partial charge in [-0.2, -0.15) is 0 Å². The summed E-state index contributed by atoms with van der Waals surface area (Å²) in [5.41, 5.74) is 1.78. The van der Waals surface area contributed by atoms with Crippen molar-refractivity contribution < 1.29 is 23.8 Å². The molecule has 0 saturated carbocycles. The van der Waals surface area contributed by atoms with Crippen LogP contribution in [0.25, 0.3) is 10.9 Å². The molecule has 7 heteroatoms. The fourth-order valence-corrected chi connectivity index (χ4v) is 4.58. The summed E-state index contributed by atoms with van der Waals surface area (Å²) in [5.74, 6) is -0.585. The van der Waals surface area contributed by atoms with Crippen LogP contribution < -0.4 is 10.1 Å². The molecule has 7 nitrogen and oxygen atoms in total. The quantitative estimate of drug-likeness (QED) is 0.593. The Kier molecular flexibility index (Phi) is 5.69. The summed E-state index contributed by atoms with van der Waals surface area (Å²) in [6.45, 7) is 0. The summed E-state index contributed by atoms with van der Waals surface area (Å²) in [5, 5.41) is 4.48. The third-order valence-corrected chi connectivity index (χ3v) is 6.12. The van der Waals surface area contributed by atoms with E-state index in [9.17, 15) is 9.59 Å². The minimum Gasteiger partial charge on any atom is -0.497 e. The van der Waals surface area contributed by atoms with Crippen LogP contribution in [0.5, 0.6) is 5.75 Å². The van der Waals surface area contributed by atoms with Gasteiger partial charge >= 0.3 is 11.9 Å².